The Labute approximate surface area is 64.1 Å². The van der Waals surface area contributed by atoms with Crippen molar-refractivity contribution in [3.8, 4) is 0 Å². The van der Waals surface area contributed by atoms with E-state index in [0.29, 0.717) is 0 Å². The van der Waals surface area contributed by atoms with Crippen molar-refractivity contribution in [3.05, 3.63) is 30.5 Å². The number of hydrogen-bond donors (Lipinski definition) is 0. The molecule has 3 nitrogen and oxygen atoms in total. The first kappa shape index (κ1) is 6.22. The van der Waals surface area contributed by atoms with Crippen molar-refractivity contribution >= 4 is 10.9 Å². The molecule has 0 amide bonds. The minimum Gasteiger partial charge on any atom is -0.259 e. The van der Waals surface area contributed by atoms with Gasteiger partial charge >= 0.3 is 0 Å². The van der Waals surface area contributed by atoms with Crippen LogP contribution >= 0.6 is 0 Å². The largest absolute Gasteiger partial charge is 0.259 e. The second-order valence-electron chi connectivity index (χ2n) is 2.36. The summed E-state index contributed by atoms with van der Waals surface area (Å²) in [5.74, 6) is 0. The van der Waals surface area contributed by atoms with E-state index in [4.69, 9.17) is 0 Å². The molecule has 2 aromatic heterocycles. The number of rotatable bonds is 0. The number of nitrogens with zero attached hydrogens (tertiary/aromatic N) is 3. The van der Waals surface area contributed by atoms with E-state index in [0.717, 1.165) is 16.6 Å². The maximum absolute atomic E-state index is 4.12. The number of aromatic nitrogens is 3. The van der Waals surface area contributed by atoms with Gasteiger partial charge in [0.2, 0.25) is 0 Å². The van der Waals surface area contributed by atoms with Crippen molar-refractivity contribution in [2.75, 3.05) is 0 Å². The number of hydrogen-bond acceptors (Lipinski definition) is 3. The third kappa shape index (κ3) is 0.941. The van der Waals surface area contributed by atoms with E-state index < -0.39 is 0 Å². The highest BCUT2D eigenvalue weighted by Crippen LogP contribution is 2.09. The van der Waals surface area contributed by atoms with Crippen LogP contribution in [0.3, 0.4) is 0 Å². The third-order valence-corrected chi connectivity index (χ3v) is 1.61. The summed E-state index contributed by atoms with van der Waals surface area (Å²) < 4.78 is 0. The summed E-state index contributed by atoms with van der Waals surface area (Å²) in [5.41, 5.74) is 1.88. The minimum atomic E-state index is 0.933. The van der Waals surface area contributed by atoms with Crippen LogP contribution in [0.15, 0.2) is 24.8 Å². The van der Waals surface area contributed by atoms with Crippen LogP contribution in [0, 0.1) is 6.92 Å². The molecule has 0 atom stereocenters. The van der Waals surface area contributed by atoms with Gasteiger partial charge in [0, 0.05) is 17.8 Å². The maximum Gasteiger partial charge on any atom is 0.116 e. The SMILES string of the molecule is Cc1nccc2cncnc12. The predicted octanol–water partition coefficient (Wildman–Crippen LogP) is 1.33. The molecule has 11 heavy (non-hydrogen) atoms. The van der Waals surface area contributed by atoms with Crippen LogP contribution in [0.5, 0.6) is 0 Å². The summed E-state index contributed by atoms with van der Waals surface area (Å²) in [7, 11) is 0. The Kier molecular flexibility index (Phi) is 1.28. The summed E-state index contributed by atoms with van der Waals surface area (Å²) in [6.45, 7) is 1.94. The molecule has 2 rings (SSSR count). The molecule has 0 saturated heterocycles. The summed E-state index contributed by atoms with van der Waals surface area (Å²) in [6, 6.07) is 1.91. The van der Waals surface area contributed by atoms with Gasteiger partial charge in [-0.1, -0.05) is 0 Å². The molecule has 0 radical (unpaired) electrons. The van der Waals surface area contributed by atoms with Gasteiger partial charge in [0.25, 0.3) is 0 Å². The highest BCUT2D eigenvalue weighted by Gasteiger charge is 1.95. The van der Waals surface area contributed by atoms with Crippen molar-refractivity contribution in [2.24, 2.45) is 0 Å². The molecule has 0 spiro atoms. The van der Waals surface area contributed by atoms with E-state index in [9.17, 15) is 0 Å². The van der Waals surface area contributed by atoms with Gasteiger partial charge in [-0.2, -0.15) is 0 Å². The Bertz CT molecular complexity index is 378. The van der Waals surface area contributed by atoms with Crippen LogP contribution < -0.4 is 0 Å². The minimum absolute atomic E-state index is 0.933. The monoisotopic (exact) mass is 145 g/mol. The van der Waals surface area contributed by atoms with E-state index in [-0.39, 0.29) is 0 Å². The highest BCUT2D eigenvalue weighted by molar-refractivity contribution is 5.78. The molecule has 3 heteroatoms. The molecule has 0 N–H and O–H groups in total. The Morgan fingerprint density at radius 1 is 1.27 bits per heavy atom. The molecule has 54 valence electrons. The number of pyridine rings is 1. The van der Waals surface area contributed by atoms with Crippen LogP contribution in [0.25, 0.3) is 10.9 Å². The Balaban J connectivity index is 2.91. The topological polar surface area (TPSA) is 38.7 Å². The van der Waals surface area contributed by atoms with Crippen LogP contribution in [0.2, 0.25) is 0 Å². The molecule has 2 heterocycles. The van der Waals surface area contributed by atoms with E-state index in [1.54, 1.807) is 12.4 Å². The third-order valence-electron chi connectivity index (χ3n) is 1.61. The smallest absolute Gasteiger partial charge is 0.116 e. The first-order valence-electron chi connectivity index (χ1n) is 3.39. The Hall–Kier alpha value is -1.51. The number of aryl methyl sites for hydroxylation is 1. The maximum atomic E-state index is 4.12. The van der Waals surface area contributed by atoms with E-state index in [1.165, 1.54) is 6.33 Å². The molecule has 0 aliphatic heterocycles. The average molecular weight is 145 g/mol. The van der Waals surface area contributed by atoms with Gasteiger partial charge in [-0.3, -0.25) is 4.98 Å². The highest BCUT2D eigenvalue weighted by atomic mass is 14.8. The fourth-order valence-corrected chi connectivity index (χ4v) is 1.06. The first-order valence-corrected chi connectivity index (χ1v) is 3.39. The lowest BCUT2D eigenvalue weighted by molar-refractivity contribution is 1.16. The van der Waals surface area contributed by atoms with E-state index in [1.807, 2.05) is 13.0 Å². The molecule has 2 aromatic rings. The van der Waals surface area contributed by atoms with Gasteiger partial charge in [-0.25, -0.2) is 9.97 Å². The molecular formula is C8H7N3. The van der Waals surface area contributed by atoms with Gasteiger partial charge in [0.1, 0.15) is 6.33 Å². The van der Waals surface area contributed by atoms with Crippen molar-refractivity contribution in [1.82, 2.24) is 15.0 Å². The molecule has 0 aromatic carbocycles. The van der Waals surface area contributed by atoms with Crippen LogP contribution in [-0.2, 0) is 0 Å². The molecule has 0 aliphatic rings. The zero-order valence-electron chi connectivity index (χ0n) is 6.15. The van der Waals surface area contributed by atoms with Gasteiger partial charge < -0.3 is 0 Å². The fraction of sp³-hybridized carbons (Fsp3) is 0.125. The molecule has 0 aliphatic carbocycles. The van der Waals surface area contributed by atoms with Crippen molar-refractivity contribution < 1.29 is 0 Å². The second-order valence-corrected chi connectivity index (χ2v) is 2.36. The Morgan fingerprint density at radius 2 is 2.18 bits per heavy atom. The van der Waals surface area contributed by atoms with Gasteiger partial charge in [0.05, 0.1) is 11.2 Å². The lowest BCUT2D eigenvalue weighted by Gasteiger charge is -1.96. The lowest BCUT2D eigenvalue weighted by atomic mass is 10.2. The molecule has 0 saturated carbocycles. The summed E-state index contributed by atoms with van der Waals surface area (Å²) >= 11 is 0. The molecule has 0 bridgehead atoms. The normalized spacial score (nSPS) is 10.3. The standard InChI is InChI=1S/C8H7N3/c1-6-8-7(2-3-10-6)4-9-5-11-8/h2-5H,1H3. The fourth-order valence-electron chi connectivity index (χ4n) is 1.06. The predicted molar refractivity (Wildman–Crippen MR) is 42.1 cm³/mol. The van der Waals surface area contributed by atoms with E-state index in [2.05, 4.69) is 15.0 Å². The lowest BCUT2D eigenvalue weighted by Crippen LogP contribution is -1.86. The Morgan fingerprint density at radius 3 is 3.00 bits per heavy atom. The quantitative estimate of drug-likeness (QED) is 0.561. The van der Waals surface area contributed by atoms with Gasteiger partial charge in [0.15, 0.2) is 0 Å². The summed E-state index contributed by atoms with van der Waals surface area (Å²) in [5, 5.41) is 1.04. The molecule has 0 fully saturated rings. The molecular weight excluding hydrogens is 138 g/mol. The van der Waals surface area contributed by atoms with E-state index >= 15 is 0 Å². The van der Waals surface area contributed by atoms with Gasteiger partial charge in [-0.05, 0) is 13.0 Å². The summed E-state index contributed by atoms with van der Waals surface area (Å²) in [4.78, 5) is 12.1. The zero-order valence-corrected chi connectivity index (χ0v) is 6.15. The summed E-state index contributed by atoms with van der Waals surface area (Å²) in [6.07, 6.45) is 5.09. The molecule has 0 unspecified atom stereocenters. The van der Waals surface area contributed by atoms with Crippen molar-refractivity contribution in [1.29, 1.82) is 0 Å². The van der Waals surface area contributed by atoms with Crippen molar-refractivity contribution in [2.45, 2.75) is 6.92 Å². The number of fused-ring (bicyclic) bond motifs is 1. The van der Waals surface area contributed by atoms with Crippen LogP contribution in [0.1, 0.15) is 5.69 Å². The zero-order chi connectivity index (χ0) is 7.68. The van der Waals surface area contributed by atoms with Gasteiger partial charge in [-0.15, -0.1) is 0 Å². The first-order chi connectivity index (χ1) is 5.38. The average Bonchev–Trinajstić information content (AvgIpc) is 2.06. The van der Waals surface area contributed by atoms with Crippen LogP contribution in [-0.4, -0.2) is 15.0 Å². The van der Waals surface area contributed by atoms with Crippen LogP contribution in [0.4, 0.5) is 0 Å². The van der Waals surface area contributed by atoms with Crippen molar-refractivity contribution in [3.63, 3.8) is 0 Å². The second kappa shape index (κ2) is 2.27.